The molecule has 21 heavy (non-hydrogen) atoms. The van der Waals surface area contributed by atoms with E-state index < -0.39 is 0 Å². The minimum absolute atomic E-state index is 0.584. The number of nitrogens with zero attached hydrogens (tertiary/aromatic N) is 1. The van der Waals surface area contributed by atoms with Crippen molar-refractivity contribution in [3.63, 3.8) is 0 Å². The molecule has 106 valence electrons. The van der Waals surface area contributed by atoms with Crippen LogP contribution in [0.2, 0.25) is 5.02 Å². The molecule has 5 heteroatoms. The Morgan fingerprint density at radius 3 is 2.52 bits per heavy atom. The highest BCUT2D eigenvalue weighted by atomic mass is 35.5. The maximum atomic E-state index is 5.90. The summed E-state index contributed by atoms with van der Waals surface area (Å²) in [5.41, 5.74) is 3.02. The van der Waals surface area contributed by atoms with Crippen LogP contribution in [0, 0.1) is 0 Å². The van der Waals surface area contributed by atoms with Gasteiger partial charge in [-0.2, -0.15) is 0 Å². The van der Waals surface area contributed by atoms with Crippen molar-refractivity contribution >= 4 is 22.6 Å². The summed E-state index contributed by atoms with van der Waals surface area (Å²) in [7, 11) is 0. The van der Waals surface area contributed by atoms with Gasteiger partial charge in [0.1, 0.15) is 19.0 Å². The highest BCUT2D eigenvalue weighted by molar-refractivity contribution is 6.30. The minimum atomic E-state index is 0.584. The Morgan fingerprint density at radius 1 is 1.05 bits per heavy atom. The first-order valence-corrected chi connectivity index (χ1v) is 7.18. The van der Waals surface area contributed by atoms with E-state index in [4.69, 9.17) is 21.1 Å². The quantitative estimate of drug-likeness (QED) is 0.787. The van der Waals surface area contributed by atoms with E-state index in [9.17, 15) is 0 Å². The number of aromatic amines is 1. The Balaban J connectivity index is 1.68. The van der Waals surface area contributed by atoms with Crippen LogP contribution in [-0.2, 0) is 6.42 Å². The van der Waals surface area contributed by atoms with Gasteiger partial charge in [0.05, 0.1) is 11.0 Å². The number of ether oxygens (including phenoxy) is 2. The predicted octanol–water partition coefficient (Wildman–Crippen LogP) is 3.58. The molecule has 0 aliphatic carbocycles. The molecule has 0 spiro atoms. The van der Waals surface area contributed by atoms with Gasteiger partial charge in [-0.25, -0.2) is 4.98 Å². The van der Waals surface area contributed by atoms with Crippen molar-refractivity contribution in [3.05, 3.63) is 52.8 Å². The molecular weight excluding hydrogens is 288 g/mol. The summed E-state index contributed by atoms with van der Waals surface area (Å²) >= 11 is 5.90. The molecule has 0 radical (unpaired) electrons. The second-order valence-corrected chi connectivity index (χ2v) is 5.44. The summed E-state index contributed by atoms with van der Waals surface area (Å²) < 4.78 is 11.2. The molecule has 0 fully saturated rings. The monoisotopic (exact) mass is 300 g/mol. The normalized spacial score (nSPS) is 13.6. The summed E-state index contributed by atoms with van der Waals surface area (Å²) in [6.07, 6.45) is 0.734. The molecule has 2 heterocycles. The first kappa shape index (κ1) is 12.5. The number of halogens is 1. The fraction of sp³-hybridized carbons (Fsp3) is 0.188. The zero-order chi connectivity index (χ0) is 14.2. The zero-order valence-corrected chi connectivity index (χ0v) is 12.0. The van der Waals surface area contributed by atoms with Crippen molar-refractivity contribution in [2.75, 3.05) is 13.2 Å². The van der Waals surface area contributed by atoms with Gasteiger partial charge in [-0.3, -0.25) is 0 Å². The molecule has 2 aromatic carbocycles. The Kier molecular flexibility index (Phi) is 2.97. The lowest BCUT2D eigenvalue weighted by molar-refractivity contribution is 0.172. The lowest BCUT2D eigenvalue weighted by atomic mass is 10.1. The smallest absolute Gasteiger partial charge is 0.163 e. The zero-order valence-electron chi connectivity index (χ0n) is 11.2. The Labute approximate surface area is 126 Å². The number of imidazole rings is 1. The molecule has 3 aromatic rings. The molecule has 4 rings (SSSR count). The average molecular weight is 301 g/mol. The second kappa shape index (κ2) is 4.97. The molecule has 1 aliphatic heterocycles. The van der Waals surface area contributed by atoms with E-state index in [2.05, 4.69) is 9.97 Å². The number of hydrogen-bond acceptors (Lipinski definition) is 3. The SMILES string of the molecule is Clc1ccc(Cc2nc3cc4c(cc3[nH]2)OCCO4)cc1. The molecule has 1 N–H and O–H groups in total. The topological polar surface area (TPSA) is 47.1 Å². The maximum Gasteiger partial charge on any atom is 0.163 e. The van der Waals surface area contributed by atoms with Crippen molar-refractivity contribution in [1.82, 2.24) is 9.97 Å². The van der Waals surface area contributed by atoms with Crippen LogP contribution in [0.15, 0.2) is 36.4 Å². The minimum Gasteiger partial charge on any atom is -0.486 e. The van der Waals surface area contributed by atoms with Crippen molar-refractivity contribution in [3.8, 4) is 11.5 Å². The van der Waals surface area contributed by atoms with Gasteiger partial charge in [-0.1, -0.05) is 23.7 Å². The average Bonchev–Trinajstić information content (AvgIpc) is 2.88. The number of H-pyrrole nitrogens is 1. The Morgan fingerprint density at radius 2 is 1.76 bits per heavy atom. The van der Waals surface area contributed by atoms with Crippen molar-refractivity contribution in [2.45, 2.75) is 6.42 Å². The Bertz CT molecular complexity index is 753. The van der Waals surface area contributed by atoms with E-state index >= 15 is 0 Å². The third kappa shape index (κ3) is 2.43. The van der Waals surface area contributed by atoms with Crippen LogP contribution < -0.4 is 9.47 Å². The number of rotatable bonds is 2. The van der Waals surface area contributed by atoms with Crippen molar-refractivity contribution in [1.29, 1.82) is 0 Å². The molecule has 4 nitrogen and oxygen atoms in total. The van der Waals surface area contributed by atoms with Gasteiger partial charge >= 0.3 is 0 Å². The predicted molar refractivity (Wildman–Crippen MR) is 81.3 cm³/mol. The summed E-state index contributed by atoms with van der Waals surface area (Å²) in [6, 6.07) is 11.7. The van der Waals surface area contributed by atoms with Gasteiger partial charge in [-0.05, 0) is 17.7 Å². The van der Waals surface area contributed by atoms with Crippen molar-refractivity contribution < 1.29 is 9.47 Å². The van der Waals surface area contributed by atoms with E-state index in [1.807, 2.05) is 36.4 Å². The van der Waals surface area contributed by atoms with Crippen LogP contribution >= 0.6 is 11.6 Å². The number of benzene rings is 2. The van der Waals surface area contributed by atoms with Gasteiger partial charge in [-0.15, -0.1) is 0 Å². The number of nitrogens with one attached hydrogen (secondary N) is 1. The van der Waals surface area contributed by atoms with Gasteiger partial charge in [0.15, 0.2) is 11.5 Å². The molecule has 0 unspecified atom stereocenters. The molecule has 0 atom stereocenters. The van der Waals surface area contributed by atoms with Crippen LogP contribution in [0.3, 0.4) is 0 Å². The first-order valence-electron chi connectivity index (χ1n) is 6.80. The molecular formula is C16H13ClN2O2. The first-order chi connectivity index (χ1) is 10.3. The molecule has 1 aliphatic rings. The van der Waals surface area contributed by atoms with Crippen LogP contribution in [0.4, 0.5) is 0 Å². The Hall–Kier alpha value is -2.20. The highest BCUT2D eigenvalue weighted by Crippen LogP contribution is 2.33. The van der Waals surface area contributed by atoms with Gasteiger partial charge in [0.25, 0.3) is 0 Å². The third-order valence-electron chi connectivity index (χ3n) is 3.48. The lowest BCUT2D eigenvalue weighted by Gasteiger charge is -2.17. The van der Waals surface area contributed by atoms with Crippen LogP contribution in [-0.4, -0.2) is 23.2 Å². The van der Waals surface area contributed by atoms with E-state index in [1.54, 1.807) is 0 Å². The second-order valence-electron chi connectivity index (χ2n) is 5.00. The van der Waals surface area contributed by atoms with E-state index in [1.165, 1.54) is 0 Å². The summed E-state index contributed by atoms with van der Waals surface area (Å²) in [5, 5.41) is 0.741. The van der Waals surface area contributed by atoms with Crippen LogP contribution in [0.25, 0.3) is 11.0 Å². The summed E-state index contributed by atoms with van der Waals surface area (Å²) in [5.74, 6) is 2.45. The summed E-state index contributed by atoms with van der Waals surface area (Å²) in [6.45, 7) is 1.17. The number of aromatic nitrogens is 2. The number of fused-ring (bicyclic) bond motifs is 2. The van der Waals surface area contributed by atoms with Gasteiger partial charge in [0, 0.05) is 23.6 Å². The van der Waals surface area contributed by atoms with Gasteiger partial charge < -0.3 is 14.5 Å². The number of hydrogen-bond donors (Lipinski definition) is 1. The highest BCUT2D eigenvalue weighted by Gasteiger charge is 2.14. The molecule has 0 saturated heterocycles. The fourth-order valence-electron chi connectivity index (χ4n) is 2.48. The third-order valence-corrected chi connectivity index (χ3v) is 3.73. The molecule has 1 aromatic heterocycles. The summed E-state index contributed by atoms with van der Waals surface area (Å²) in [4.78, 5) is 7.94. The lowest BCUT2D eigenvalue weighted by Crippen LogP contribution is -2.15. The van der Waals surface area contributed by atoms with E-state index in [0.29, 0.717) is 13.2 Å². The van der Waals surface area contributed by atoms with Crippen LogP contribution in [0.5, 0.6) is 11.5 Å². The fourth-order valence-corrected chi connectivity index (χ4v) is 2.60. The van der Waals surface area contributed by atoms with E-state index in [0.717, 1.165) is 45.4 Å². The molecule has 0 saturated carbocycles. The van der Waals surface area contributed by atoms with E-state index in [-0.39, 0.29) is 0 Å². The molecule has 0 amide bonds. The van der Waals surface area contributed by atoms with Gasteiger partial charge in [0.2, 0.25) is 0 Å². The standard InChI is InChI=1S/C16H13ClN2O2/c17-11-3-1-10(2-4-11)7-16-18-12-8-14-15(9-13(12)19-16)21-6-5-20-14/h1-4,8-9H,5-7H2,(H,18,19). The maximum absolute atomic E-state index is 5.90. The van der Waals surface area contributed by atoms with Crippen molar-refractivity contribution in [2.24, 2.45) is 0 Å². The van der Waals surface area contributed by atoms with Crippen LogP contribution in [0.1, 0.15) is 11.4 Å². The largest absolute Gasteiger partial charge is 0.486 e. The molecule has 0 bridgehead atoms.